The Morgan fingerprint density at radius 1 is 1.14 bits per heavy atom. The fourth-order valence-electron chi connectivity index (χ4n) is 3.73. The molecule has 0 fully saturated rings. The van der Waals surface area contributed by atoms with Gasteiger partial charge in [-0.25, -0.2) is 9.78 Å². The van der Waals surface area contributed by atoms with Crippen LogP contribution in [0.5, 0.6) is 0 Å². The lowest BCUT2D eigenvalue weighted by atomic mass is 10.1. The number of benzene rings is 2. The maximum atomic E-state index is 12.6. The molecule has 0 aliphatic heterocycles. The molecule has 1 N–H and O–H groups in total. The lowest BCUT2D eigenvalue weighted by Crippen LogP contribution is -2.12. The van der Waals surface area contributed by atoms with E-state index in [1.54, 1.807) is 24.5 Å². The maximum Gasteiger partial charge on any atom is 0.337 e. The first-order valence-electron chi connectivity index (χ1n) is 10.8. The van der Waals surface area contributed by atoms with Crippen molar-refractivity contribution in [3.63, 3.8) is 0 Å². The van der Waals surface area contributed by atoms with Gasteiger partial charge in [-0.15, -0.1) is 10.2 Å². The van der Waals surface area contributed by atoms with Gasteiger partial charge in [-0.3, -0.25) is 9.36 Å². The van der Waals surface area contributed by atoms with E-state index in [2.05, 4.69) is 26.2 Å². The zero-order valence-corrected chi connectivity index (χ0v) is 19.8. The number of aromatic amines is 1. The number of aryl methyl sites for hydroxylation is 1. The Balaban J connectivity index is 1.47. The van der Waals surface area contributed by atoms with Crippen LogP contribution in [0.4, 0.5) is 0 Å². The highest BCUT2D eigenvalue weighted by atomic mass is 32.2. The zero-order valence-electron chi connectivity index (χ0n) is 19.0. The molecule has 35 heavy (non-hydrogen) atoms. The molecule has 10 heteroatoms. The number of carbonyl (C=O) groups is 1. The van der Waals surface area contributed by atoms with E-state index in [0.29, 0.717) is 39.7 Å². The molecule has 0 unspecified atom stereocenters. The number of methoxy groups -OCH3 is 1. The van der Waals surface area contributed by atoms with Crippen molar-refractivity contribution in [3.8, 4) is 11.4 Å². The van der Waals surface area contributed by atoms with Crippen molar-refractivity contribution in [1.82, 2.24) is 24.7 Å². The summed E-state index contributed by atoms with van der Waals surface area (Å²) in [5.41, 5.74) is 2.54. The van der Waals surface area contributed by atoms with E-state index < -0.39 is 5.97 Å². The summed E-state index contributed by atoms with van der Waals surface area (Å²) in [6, 6.07) is 16.5. The van der Waals surface area contributed by atoms with Gasteiger partial charge in [0, 0.05) is 5.56 Å². The molecule has 0 amide bonds. The number of esters is 1. The smallest absolute Gasteiger partial charge is 0.337 e. The van der Waals surface area contributed by atoms with E-state index in [1.807, 2.05) is 41.8 Å². The first kappa shape index (κ1) is 22.6. The van der Waals surface area contributed by atoms with Gasteiger partial charge in [-0.05, 0) is 43.3 Å². The summed E-state index contributed by atoms with van der Waals surface area (Å²) in [6.07, 6.45) is 1.63. The van der Waals surface area contributed by atoms with E-state index >= 15 is 0 Å². The van der Waals surface area contributed by atoms with E-state index in [9.17, 15) is 9.59 Å². The average molecular weight is 488 g/mol. The lowest BCUT2D eigenvalue weighted by molar-refractivity contribution is 0.0601. The number of H-pyrrole nitrogens is 1. The molecule has 2 aromatic carbocycles. The number of rotatable bonds is 7. The minimum atomic E-state index is -0.486. The van der Waals surface area contributed by atoms with Gasteiger partial charge < -0.3 is 14.1 Å². The maximum absolute atomic E-state index is 12.6. The molecule has 0 aliphatic carbocycles. The summed E-state index contributed by atoms with van der Waals surface area (Å²) in [4.78, 5) is 31.8. The van der Waals surface area contributed by atoms with Gasteiger partial charge in [0.15, 0.2) is 11.0 Å². The van der Waals surface area contributed by atoms with E-state index in [-0.39, 0.29) is 5.56 Å². The normalized spacial score (nSPS) is 11.1. The molecule has 0 saturated carbocycles. The van der Waals surface area contributed by atoms with Crippen LogP contribution in [0, 0.1) is 6.92 Å². The van der Waals surface area contributed by atoms with Crippen LogP contribution < -0.4 is 5.56 Å². The van der Waals surface area contributed by atoms with Crippen LogP contribution in [-0.2, 0) is 17.0 Å². The Labute approximate surface area is 204 Å². The van der Waals surface area contributed by atoms with Crippen LogP contribution in [-0.4, -0.2) is 37.8 Å². The number of hydrogen-bond donors (Lipinski definition) is 1. The number of carbonyl (C=O) groups excluding carboxylic acids is 1. The molecular weight excluding hydrogens is 466 g/mol. The van der Waals surface area contributed by atoms with Crippen molar-refractivity contribution in [3.05, 3.63) is 93.9 Å². The number of aromatic nitrogens is 5. The van der Waals surface area contributed by atoms with Crippen LogP contribution in [0.25, 0.3) is 22.3 Å². The van der Waals surface area contributed by atoms with Crippen LogP contribution in [0.1, 0.15) is 27.5 Å². The summed E-state index contributed by atoms with van der Waals surface area (Å²) in [5.74, 6) is 1.81. The first-order chi connectivity index (χ1) is 17.0. The molecule has 176 valence electrons. The third-order valence-corrected chi connectivity index (χ3v) is 6.38. The van der Waals surface area contributed by atoms with Gasteiger partial charge in [0.2, 0.25) is 0 Å². The minimum absolute atomic E-state index is 0.278. The molecule has 5 rings (SSSR count). The lowest BCUT2D eigenvalue weighted by Gasteiger charge is -2.09. The molecule has 0 saturated heterocycles. The number of fused-ring (bicyclic) bond motifs is 1. The minimum Gasteiger partial charge on any atom is -0.467 e. The van der Waals surface area contributed by atoms with Gasteiger partial charge in [0.05, 0.1) is 42.1 Å². The monoisotopic (exact) mass is 487 g/mol. The Morgan fingerprint density at radius 2 is 2.03 bits per heavy atom. The average Bonchev–Trinajstić information content (AvgIpc) is 3.52. The molecule has 3 aromatic heterocycles. The fraction of sp³-hybridized carbons (Fsp3) is 0.160. The molecule has 0 aliphatic rings. The summed E-state index contributed by atoms with van der Waals surface area (Å²) >= 11 is 1.40. The third kappa shape index (κ3) is 4.73. The molecule has 3 heterocycles. The number of ether oxygens (including phenoxy) is 1. The molecule has 0 spiro atoms. The topological polar surface area (TPSA) is 116 Å². The molecule has 9 nitrogen and oxygen atoms in total. The Bertz CT molecular complexity index is 1570. The quantitative estimate of drug-likeness (QED) is 0.268. The molecule has 0 atom stereocenters. The van der Waals surface area contributed by atoms with Crippen molar-refractivity contribution in [2.75, 3.05) is 7.11 Å². The second-order valence-electron chi connectivity index (χ2n) is 7.87. The number of hydrogen-bond acceptors (Lipinski definition) is 8. The summed E-state index contributed by atoms with van der Waals surface area (Å²) < 4.78 is 12.3. The molecular formula is C25H21N5O4S. The van der Waals surface area contributed by atoms with Gasteiger partial charge in [-0.1, -0.05) is 35.5 Å². The second kappa shape index (κ2) is 9.59. The first-order valence-corrected chi connectivity index (χ1v) is 11.8. The van der Waals surface area contributed by atoms with Gasteiger partial charge in [0.1, 0.15) is 11.6 Å². The van der Waals surface area contributed by atoms with E-state index in [1.165, 1.54) is 18.9 Å². The van der Waals surface area contributed by atoms with Crippen molar-refractivity contribution in [2.24, 2.45) is 0 Å². The van der Waals surface area contributed by atoms with Crippen molar-refractivity contribution >= 4 is 28.6 Å². The third-order valence-electron chi connectivity index (χ3n) is 5.40. The zero-order chi connectivity index (χ0) is 24.4. The van der Waals surface area contributed by atoms with Crippen LogP contribution >= 0.6 is 11.8 Å². The highest BCUT2D eigenvalue weighted by Crippen LogP contribution is 2.27. The number of furan rings is 1. The molecule has 0 bridgehead atoms. The van der Waals surface area contributed by atoms with E-state index in [4.69, 9.17) is 9.15 Å². The van der Waals surface area contributed by atoms with Gasteiger partial charge in [-0.2, -0.15) is 0 Å². The Hall–Kier alpha value is -4.18. The van der Waals surface area contributed by atoms with Crippen molar-refractivity contribution < 1.29 is 13.9 Å². The predicted octanol–water partition coefficient (Wildman–Crippen LogP) is 4.21. The summed E-state index contributed by atoms with van der Waals surface area (Å²) in [6.45, 7) is 2.48. The highest BCUT2D eigenvalue weighted by Gasteiger charge is 2.17. The number of nitrogens with one attached hydrogen (secondary N) is 1. The fourth-order valence-corrected chi connectivity index (χ4v) is 4.54. The second-order valence-corrected chi connectivity index (χ2v) is 8.81. The van der Waals surface area contributed by atoms with Crippen LogP contribution in [0.2, 0.25) is 0 Å². The van der Waals surface area contributed by atoms with Crippen LogP contribution in [0.15, 0.2) is 75.2 Å². The highest BCUT2D eigenvalue weighted by molar-refractivity contribution is 7.98. The summed E-state index contributed by atoms with van der Waals surface area (Å²) in [5, 5.41) is 9.89. The molecule has 5 aromatic rings. The van der Waals surface area contributed by atoms with Crippen LogP contribution in [0.3, 0.4) is 0 Å². The number of nitrogens with zero attached hydrogens (tertiary/aromatic N) is 4. The van der Waals surface area contributed by atoms with Crippen molar-refractivity contribution in [2.45, 2.75) is 24.4 Å². The van der Waals surface area contributed by atoms with Crippen molar-refractivity contribution in [1.29, 1.82) is 0 Å². The largest absolute Gasteiger partial charge is 0.467 e. The standard InChI is InChI=1S/C25H21N5O4S/c1-15-5-3-6-16(11-15)22-28-29-25(30(22)13-18-7-4-10-34-18)35-14-21-26-20-12-17(24(32)33-2)8-9-19(20)23(31)27-21/h3-12H,13-14H2,1-2H3,(H,26,27,31). The Kier molecular flexibility index (Phi) is 6.19. The molecule has 0 radical (unpaired) electrons. The van der Waals surface area contributed by atoms with Gasteiger partial charge >= 0.3 is 5.97 Å². The van der Waals surface area contributed by atoms with Gasteiger partial charge in [0.25, 0.3) is 5.56 Å². The predicted molar refractivity (Wildman–Crippen MR) is 131 cm³/mol. The SMILES string of the molecule is COC(=O)c1ccc2c(=O)[nH]c(CSc3nnc(-c4cccc(C)c4)n3Cc3ccco3)nc2c1. The summed E-state index contributed by atoms with van der Waals surface area (Å²) in [7, 11) is 1.31. The Morgan fingerprint density at radius 3 is 2.80 bits per heavy atom. The van der Waals surface area contributed by atoms with E-state index in [0.717, 1.165) is 22.7 Å². The number of thioether (sulfide) groups is 1.